The monoisotopic (exact) mass is 247 g/mol. The van der Waals surface area contributed by atoms with Gasteiger partial charge in [-0.2, -0.15) is 5.10 Å². The van der Waals surface area contributed by atoms with E-state index in [9.17, 15) is 9.59 Å². The molecule has 18 heavy (non-hydrogen) atoms. The first-order valence-electron chi connectivity index (χ1n) is 5.39. The van der Waals surface area contributed by atoms with Crippen LogP contribution < -0.4 is 15.1 Å². The third-order valence-corrected chi connectivity index (χ3v) is 2.65. The lowest BCUT2D eigenvalue weighted by molar-refractivity contribution is -0.119. The fourth-order valence-corrected chi connectivity index (χ4v) is 1.60. The highest BCUT2D eigenvalue weighted by atomic mass is 16.5. The molecule has 1 aromatic rings. The smallest absolute Gasteiger partial charge is 0.274 e. The second kappa shape index (κ2) is 4.87. The summed E-state index contributed by atoms with van der Waals surface area (Å²) in [4.78, 5) is 24.4. The Hall–Kier alpha value is -2.37. The molecule has 0 spiro atoms. The maximum Gasteiger partial charge on any atom is 0.274 e. The summed E-state index contributed by atoms with van der Waals surface area (Å²) >= 11 is 0. The van der Waals surface area contributed by atoms with Crippen molar-refractivity contribution in [3.63, 3.8) is 0 Å². The molecule has 0 bridgehead atoms. The fraction of sp³-hybridized carbons (Fsp3) is 0.250. The summed E-state index contributed by atoms with van der Waals surface area (Å²) in [6.45, 7) is 0. The van der Waals surface area contributed by atoms with Crippen molar-refractivity contribution in [1.82, 2.24) is 5.43 Å². The number of methoxy groups -OCH3 is 1. The predicted molar refractivity (Wildman–Crippen MR) is 66.6 cm³/mol. The maximum absolute atomic E-state index is 12.0. The summed E-state index contributed by atoms with van der Waals surface area (Å²) in [5.41, 5.74) is 3.19. The molecule has 2 rings (SSSR count). The minimum Gasteiger partial charge on any atom is -0.497 e. The van der Waals surface area contributed by atoms with Gasteiger partial charge in [-0.05, 0) is 24.3 Å². The fourth-order valence-electron chi connectivity index (χ4n) is 1.60. The number of benzene rings is 1. The molecule has 6 heteroatoms. The molecule has 0 fully saturated rings. The van der Waals surface area contributed by atoms with Gasteiger partial charge in [-0.1, -0.05) is 0 Å². The van der Waals surface area contributed by atoms with E-state index < -0.39 is 0 Å². The largest absolute Gasteiger partial charge is 0.497 e. The number of hydrazone groups is 1. The maximum atomic E-state index is 12.0. The lowest BCUT2D eigenvalue weighted by atomic mass is 10.2. The molecule has 0 saturated carbocycles. The zero-order chi connectivity index (χ0) is 13.1. The third-order valence-electron chi connectivity index (χ3n) is 2.65. The topological polar surface area (TPSA) is 71.0 Å². The van der Waals surface area contributed by atoms with E-state index >= 15 is 0 Å². The molecule has 1 heterocycles. The van der Waals surface area contributed by atoms with Crippen LogP contribution in [0.2, 0.25) is 0 Å². The molecule has 0 aliphatic carbocycles. The van der Waals surface area contributed by atoms with Gasteiger partial charge >= 0.3 is 0 Å². The van der Waals surface area contributed by atoms with Gasteiger partial charge in [-0.3, -0.25) is 9.59 Å². The summed E-state index contributed by atoms with van der Waals surface area (Å²) in [6, 6.07) is 7.06. The van der Waals surface area contributed by atoms with Crippen molar-refractivity contribution in [3.05, 3.63) is 24.3 Å². The van der Waals surface area contributed by atoms with Gasteiger partial charge < -0.3 is 9.64 Å². The molecule has 1 aliphatic rings. The van der Waals surface area contributed by atoms with Crippen molar-refractivity contribution in [1.29, 1.82) is 0 Å². The van der Waals surface area contributed by atoms with Gasteiger partial charge in [0.25, 0.3) is 5.91 Å². The molecule has 0 radical (unpaired) electrons. The Labute approximate surface area is 104 Å². The Morgan fingerprint density at radius 1 is 1.39 bits per heavy atom. The molecule has 94 valence electrons. The van der Waals surface area contributed by atoms with Gasteiger partial charge in [-0.25, -0.2) is 5.43 Å². The molecule has 1 aromatic carbocycles. The molecule has 1 N–H and O–H groups in total. The van der Waals surface area contributed by atoms with Crippen LogP contribution in [0.3, 0.4) is 0 Å². The van der Waals surface area contributed by atoms with E-state index in [0.717, 1.165) is 5.75 Å². The van der Waals surface area contributed by atoms with Gasteiger partial charge in [0.05, 0.1) is 13.5 Å². The van der Waals surface area contributed by atoms with E-state index in [1.54, 1.807) is 38.4 Å². The van der Waals surface area contributed by atoms with Crippen molar-refractivity contribution in [3.8, 4) is 5.75 Å². The van der Waals surface area contributed by atoms with E-state index in [0.29, 0.717) is 5.69 Å². The van der Waals surface area contributed by atoms with Crippen LogP contribution in [0.15, 0.2) is 29.4 Å². The number of anilines is 1. The Bertz CT molecular complexity index is 508. The Morgan fingerprint density at radius 3 is 2.56 bits per heavy atom. The first kappa shape index (κ1) is 12.1. The van der Waals surface area contributed by atoms with Crippen molar-refractivity contribution in [2.24, 2.45) is 5.10 Å². The van der Waals surface area contributed by atoms with Crippen LogP contribution >= 0.6 is 0 Å². The number of carbonyl (C=O) groups is 2. The molecular weight excluding hydrogens is 234 g/mol. The average Bonchev–Trinajstić information content (AvgIpc) is 2.84. The number of ether oxygens (including phenoxy) is 1. The van der Waals surface area contributed by atoms with Gasteiger partial charge in [0.1, 0.15) is 11.5 Å². The average molecular weight is 247 g/mol. The third kappa shape index (κ3) is 2.32. The molecular formula is C12H13N3O3. The summed E-state index contributed by atoms with van der Waals surface area (Å²) in [5.74, 6) is 0.162. The SMILES string of the molecule is COc1ccc(N(C)C(=O)C2=NNC(=O)C2)cc1. The molecule has 0 unspecified atom stereocenters. The van der Waals surface area contributed by atoms with Crippen molar-refractivity contribution in [2.45, 2.75) is 6.42 Å². The van der Waals surface area contributed by atoms with E-state index in [4.69, 9.17) is 4.74 Å². The zero-order valence-electron chi connectivity index (χ0n) is 10.1. The zero-order valence-corrected chi connectivity index (χ0v) is 10.1. The van der Waals surface area contributed by atoms with Crippen LogP contribution in [0.5, 0.6) is 5.75 Å². The van der Waals surface area contributed by atoms with Crippen LogP contribution in [0, 0.1) is 0 Å². The number of nitrogens with zero attached hydrogens (tertiary/aromatic N) is 2. The molecule has 0 saturated heterocycles. The number of rotatable bonds is 3. The highest BCUT2D eigenvalue weighted by Crippen LogP contribution is 2.18. The standard InChI is InChI=1S/C12H13N3O3/c1-15(8-3-5-9(18-2)6-4-8)12(17)10-7-11(16)14-13-10/h3-6H,7H2,1-2H3,(H,14,16). The summed E-state index contributed by atoms with van der Waals surface area (Å²) < 4.78 is 5.04. The lowest BCUT2D eigenvalue weighted by Gasteiger charge is -2.16. The lowest BCUT2D eigenvalue weighted by Crippen LogP contribution is -2.32. The molecule has 6 nitrogen and oxygen atoms in total. The van der Waals surface area contributed by atoms with E-state index in [1.165, 1.54) is 4.90 Å². The summed E-state index contributed by atoms with van der Waals surface area (Å²) in [5, 5.41) is 3.70. The number of carbonyl (C=O) groups excluding carboxylic acids is 2. The van der Waals surface area contributed by atoms with E-state index in [1.807, 2.05) is 0 Å². The molecule has 0 atom stereocenters. The predicted octanol–water partition coefficient (Wildman–Crippen LogP) is 0.534. The van der Waals surface area contributed by atoms with Gasteiger partial charge in [-0.15, -0.1) is 0 Å². The van der Waals surface area contributed by atoms with Gasteiger partial charge in [0.2, 0.25) is 5.91 Å². The van der Waals surface area contributed by atoms with Crippen LogP contribution in [-0.4, -0.2) is 31.7 Å². The summed E-state index contributed by atoms with van der Waals surface area (Å²) in [7, 11) is 3.21. The van der Waals surface area contributed by atoms with E-state index in [-0.39, 0.29) is 23.9 Å². The summed E-state index contributed by atoms with van der Waals surface area (Å²) in [6.07, 6.45) is 0.0271. The minimum absolute atomic E-state index is 0.0271. The minimum atomic E-state index is -0.293. The molecule has 1 aliphatic heterocycles. The first-order chi connectivity index (χ1) is 8.61. The molecule has 2 amide bonds. The normalized spacial score (nSPS) is 13.9. The number of hydrogen-bond acceptors (Lipinski definition) is 4. The Kier molecular flexibility index (Phi) is 3.27. The Morgan fingerprint density at radius 2 is 2.06 bits per heavy atom. The second-order valence-electron chi connectivity index (χ2n) is 3.83. The number of nitrogens with one attached hydrogen (secondary N) is 1. The first-order valence-corrected chi connectivity index (χ1v) is 5.39. The number of amides is 2. The number of hydrogen-bond donors (Lipinski definition) is 1. The highest BCUT2D eigenvalue weighted by molar-refractivity contribution is 6.47. The van der Waals surface area contributed by atoms with Crippen LogP contribution in [0.4, 0.5) is 5.69 Å². The van der Waals surface area contributed by atoms with Crippen molar-refractivity contribution < 1.29 is 14.3 Å². The quantitative estimate of drug-likeness (QED) is 0.847. The van der Waals surface area contributed by atoms with Gasteiger partial charge in [0, 0.05) is 12.7 Å². The van der Waals surface area contributed by atoms with Crippen LogP contribution in [0.1, 0.15) is 6.42 Å². The van der Waals surface area contributed by atoms with E-state index in [2.05, 4.69) is 10.5 Å². The Balaban J connectivity index is 2.12. The second-order valence-corrected chi connectivity index (χ2v) is 3.83. The highest BCUT2D eigenvalue weighted by Gasteiger charge is 2.24. The van der Waals surface area contributed by atoms with Crippen molar-refractivity contribution >= 4 is 23.2 Å². The van der Waals surface area contributed by atoms with Crippen LogP contribution in [0.25, 0.3) is 0 Å². The van der Waals surface area contributed by atoms with Gasteiger partial charge in [0.15, 0.2) is 0 Å². The van der Waals surface area contributed by atoms with Crippen LogP contribution in [-0.2, 0) is 9.59 Å². The van der Waals surface area contributed by atoms with Crippen molar-refractivity contribution in [2.75, 3.05) is 19.1 Å². The molecule has 0 aromatic heterocycles.